The van der Waals surface area contributed by atoms with Gasteiger partial charge in [-0.15, -0.1) is 0 Å². The molecule has 0 fully saturated rings. The Morgan fingerprint density at radius 3 is 1.45 bits per heavy atom. The second-order valence-electron chi connectivity index (χ2n) is 6.48. The van der Waals surface area contributed by atoms with Crippen LogP contribution < -0.4 is 10.5 Å². The fourth-order valence-corrected chi connectivity index (χ4v) is 3.50. The van der Waals surface area contributed by atoms with Gasteiger partial charge in [0.25, 0.3) is 0 Å². The molecule has 0 unspecified atom stereocenters. The van der Waals surface area contributed by atoms with Crippen LogP contribution in [0.5, 0.6) is 0 Å². The van der Waals surface area contributed by atoms with Crippen molar-refractivity contribution in [3.8, 4) is 0 Å². The van der Waals surface area contributed by atoms with Crippen LogP contribution in [-0.4, -0.2) is 18.8 Å². The second kappa shape index (κ2) is 21.3. The number of hydrogen-bond acceptors (Lipinski definition) is 3. The van der Waals surface area contributed by atoms with E-state index in [1.165, 1.54) is 102 Å². The summed E-state index contributed by atoms with van der Waals surface area (Å²) in [5, 5.41) is 0. The highest BCUT2D eigenvalue weighted by molar-refractivity contribution is 7.97. The maximum absolute atomic E-state index is 5.42. The fourth-order valence-electron chi connectivity index (χ4n) is 2.75. The molecule has 2 nitrogen and oxygen atoms in total. The topological polar surface area (TPSA) is 38.0 Å². The molecule has 3 heteroatoms. The summed E-state index contributed by atoms with van der Waals surface area (Å²) in [5.41, 5.74) is 5.42. The van der Waals surface area contributed by atoms with Crippen molar-refractivity contribution >= 4 is 11.9 Å². The predicted molar refractivity (Wildman–Crippen MR) is 104 cm³/mol. The summed E-state index contributed by atoms with van der Waals surface area (Å²) in [5.74, 6) is 1.23. The molecule has 0 bridgehead atoms. The Morgan fingerprint density at radius 2 is 1.05 bits per heavy atom. The van der Waals surface area contributed by atoms with Crippen molar-refractivity contribution < 1.29 is 0 Å². The molecule has 3 N–H and O–H groups in total. The summed E-state index contributed by atoms with van der Waals surface area (Å²) >= 11 is 1.83. The molecule has 0 aliphatic heterocycles. The molecule has 134 valence electrons. The average molecular weight is 331 g/mol. The largest absolute Gasteiger partial charge is 0.329 e. The van der Waals surface area contributed by atoms with Crippen molar-refractivity contribution in [2.75, 3.05) is 18.8 Å². The molecular weight excluding hydrogens is 288 g/mol. The van der Waals surface area contributed by atoms with E-state index in [4.69, 9.17) is 5.73 Å². The van der Waals surface area contributed by atoms with Crippen molar-refractivity contribution in [2.24, 2.45) is 5.73 Å². The first kappa shape index (κ1) is 22.3. The van der Waals surface area contributed by atoms with Gasteiger partial charge in [0.05, 0.1) is 0 Å². The summed E-state index contributed by atoms with van der Waals surface area (Å²) in [6.07, 6.45) is 21.6. The van der Waals surface area contributed by atoms with E-state index in [0.29, 0.717) is 0 Å². The minimum Gasteiger partial charge on any atom is -0.329 e. The van der Waals surface area contributed by atoms with Crippen LogP contribution in [0.3, 0.4) is 0 Å². The van der Waals surface area contributed by atoms with Gasteiger partial charge in [-0.05, 0) is 6.42 Å². The van der Waals surface area contributed by atoms with Gasteiger partial charge in [0.2, 0.25) is 0 Å². The van der Waals surface area contributed by atoms with Gasteiger partial charge in [-0.3, -0.25) is 4.72 Å². The number of unbranched alkanes of at least 4 members (excludes halogenated alkanes) is 14. The first-order chi connectivity index (χ1) is 10.9. The van der Waals surface area contributed by atoms with Gasteiger partial charge in [0.1, 0.15) is 0 Å². The number of hydrogen-bond donors (Lipinski definition) is 2. The van der Waals surface area contributed by atoms with Crippen molar-refractivity contribution in [2.45, 2.75) is 103 Å². The molecule has 0 aliphatic carbocycles. The number of nitrogens with one attached hydrogen (secondary N) is 1. The van der Waals surface area contributed by atoms with Crippen molar-refractivity contribution in [1.82, 2.24) is 4.72 Å². The number of rotatable bonds is 19. The smallest absolute Gasteiger partial charge is 0.0182 e. The Balaban J connectivity index is 2.91. The standard InChI is InChI=1S/C19H42N2S/c1-2-3-4-5-6-7-8-9-10-11-12-13-14-15-16-19-22-21-18-17-20/h21H,2-20H2,1H3. The van der Waals surface area contributed by atoms with E-state index in [2.05, 4.69) is 11.6 Å². The fraction of sp³-hybridized carbons (Fsp3) is 1.00. The molecule has 0 aromatic carbocycles. The van der Waals surface area contributed by atoms with E-state index >= 15 is 0 Å². The van der Waals surface area contributed by atoms with Crippen LogP contribution in [0.2, 0.25) is 0 Å². The average Bonchev–Trinajstić information content (AvgIpc) is 2.54. The molecule has 0 aromatic heterocycles. The van der Waals surface area contributed by atoms with E-state index in [1.807, 2.05) is 11.9 Å². The summed E-state index contributed by atoms with van der Waals surface area (Å²) in [6, 6.07) is 0. The highest BCUT2D eigenvalue weighted by atomic mass is 32.2. The van der Waals surface area contributed by atoms with Gasteiger partial charge in [-0.25, -0.2) is 0 Å². The zero-order chi connectivity index (χ0) is 16.1. The van der Waals surface area contributed by atoms with E-state index in [-0.39, 0.29) is 0 Å². The van der Waals surface area contributed by atoms with E-state index in [9.17, 15) is 0 Å². The van der Waals surface area contributed by atoms with Crippen molar-refractivity contribution in [3.63, 3.8) is 0 Å². The molecule has 0 aliphatic rings. The molecule has 22 heavy (non-hydrogen) atoms. The predicted octanol–water partition coefficient (Wildman–Crippen LogP) is 6.05. The van der Waals surface area contributed by atoms with Crippen molar-refractivity contribution in [1.29, 1.82) is 0 Å². The number of nitrogens with two attached hydrogens (primary N) is 1. The SMILES string of the molecule is CCCCCCCCCCCCCCCCCSNCCN. The first-order valence-electron chi connectivity index (χ1n) is 9.96. The zero-order valence-electron chi connectivity index (χ0n) is 15.2. The molecule has 0 heterocycles. The molecule has 0 spiro atoms. The maximum atomic E-state index is 5.42. The highest BCUT2D eigenvalue weighted by Crippen LogP contribution is 2.13. The second-order valence-corrected chi connectivity index (χ2v) is 7.47. The van der Waals surface area contributed by atoms with E-state index in [0.717, 1.165) is 13.1 Å². The molecule has 0 saturated carbocycles. The maximum Gasteiger partial charge on any atom is 0.0182 e. The zero-order valence-corrected chi connectivity index (χ0v) is 16.0. The van der Waals surface area contributed by atoms with Gasteiger partial charge in [0.15, 0.2) is 0 Å². The van der Waals surface area contributed by atoms with Crippen LogP contribution in [0.15, 0.2) is 0 Å². The monoisotopic (exact) mass is 330 g/mol. The lowest BCUT2D eigenvalue weighted by molar-refractivity contribution is 0.535. The van der Waals surface area contributed by atoms with Gasteiger partial charge in [-0.2, -0.15) is 0 Å². The Bertz CT molecular complexity index is 168. The van der Waals surface area contributed by atoms with Crippen LogP contribution in [-0.2, 0) is 0 Å². The Morgan fingerprint density at radius 1 is 0.636 bits per heavy atom. The normalized spacial score (nSPS) is 11.2. The lowest BCUT2D eigenvalue weighted by atomic mass is 10.0. The van der Waals surface area contributed by atoms with Crippen LogP contribution >= 0.6 is 11.9 Å². The van der Waals surface area contributed by atoms with E-state index in [1.54, 1.807) is 0 Å². The van der Waals surface area contributed by atoms with Gasteiger partial charge >= 0.3 is 0 Å². The minimum absolute atomic E-state index is 0.742. The molecule has 0 amide bonds. The Hall–Kier alpha value is 0.270. The Labute approximate surface area is 144 Å². The lowest BCUT2D eigenvalue weighted by Gasteiger charge is -2.04. The van der Waals surface area contributed by atoms with Gasteiger partial charge in [0, 0.05) is 18.8 Å². The minimum atomic E-state index is 0.742. The van der Waals surface area contributed by atoms with Crippen LogP contribution in [0.25, 0.3) is 0 Å². The summed E-state index contributed by atoms with van der Waals surface area (Å²) in [4.78, 5) is 0. The molecule has 0 atom stereocenters. The highest BCUT2D eigenvalue weighted by Gasteiger charge is 1.94. The summed E-state index contributed by atoms with van der Waals surface area (Å²) in [6.45, 7) is 3.97. The first-order valence-corrected chi connectivity index (χ1v) is 10.9. The third kappa shape index (κ3) is 20.3. The molecule has 0 rings (SSSR count). The van der Waals surface area contributed by atoms with Crippen molar-refractivity contribution in [3.05, 3.63) is 0 Å². The Kier molecular flexibility index (Phi) is 21.5. The third-order valence-corrected chi connectivity index (χ3v) is 5.10. The van der Waals surface area contributed by atoms with Crippen LogP contribution in [0, 0.1) is 0 Å². The van der Waals surface area contributed by atoms with Crippen LogP contribution in [0.1, 0.15) is 103 Å². The third-order valence-electron chi connectivity index (χ3n) is 4.20. The quantitative estimate of drug-likeness (QED) is 0.223. The van der Waals surface area contributed by atoms with Crippen LogP contribution in [0.4, 0.5) is 0 Å². The molecular formula is C19H42N2S. The van der Waals surface area contributed by atoms with E-state index < -0.39 is 0 Å². The summed E-state index contributed by atoms with van der Waals surface area (Å²) < 4.78 is 3.28. The summed E-state index contributed by atoms with van der Waals surface area (Å²) in [7, 11) is 0. The van der Waals surface area contributed by atoms with Gasteiger partial charge < -0.3 is 5.73 Å². The lowest BCUT2D eigenvalue weighted by Crippen LogP contribution is -2.16. The molecule has 0 radical (unpaired) electrons. The van der Waals surface area contributed by atoms with Gasteiger partial charge in [-0.1, -0.05) is 109 Å². The molecule has 0 aromatic rings. The molecule has 0 saturated heterocycles.